The molecule has 0 unspecified atom stereocenters. The molecule has 2 aromatic carbocycles. The Morgan fingerprint density at radius 3 is 2.58 bits per heavy atom. The van der Waals surface area contributed by atoms with E-state index in [4.69, 9.17) is 4.74 Å². The molecule has 1 N–H and O–H groups in total. The summed E-state index contributed by atoms with van der Waals surface area (Å²) in [5.41, 5.74) is 3.57. The van der Waals surface area contributed by atoms with Crippen molar-refractivity contribution >= 4 is 11.6 Å². The molecule has 6 heteroatoms. The van der Waals surface area contributed by atoms with Crippen molar-refractivity contribution in [3.05, 3.63) is 76.9 Å². The second-order valence-corrected chi connectivity index (χ2v) is 6.07. The molecule has 0 aliphatic rings. The highest BCUT2D eigenvalue weighted by Gasteiger charge is 2.17. The van der Waals surface area contributed by atoms with Crippen LogP contribution in [-0.4, -0.2) is 15.7 Å². The first-order valence-electron chi connectivity index (χ1n) is 8.23. The van der Waals surface area contributed by atoms with Gasteiger partial charge in [-0.25, -0.2) is 4.39 Å². The van der Waals surface area contributed by atoms with Crippen molar-refractivity contribution in [3.8, 4) is 5.75 Å². The summed E-state index contributed by atoms with van der Waals surface area (Å²) in [5.74, 6) is 0.134. The van der Waals surface area contributed by atoms with Gasteiger partial charge in [0.1, 0.15) is 18.2 Å². The molecule has 5 nitrogen and oxygen atoms in total. The normalized spacial score (nSPS) is 10.6. The topological polar surface area (TPSA) is 56.2 Å². The summed E-state index contributed by atoms with van der Waals surface area (Å²) in [6.07, 6.45) is 0. The predicted octanol–water partition coefficient (Wildman–Crippen LogP) is 4.01. The van der Waals surface area contributed by atoms with Crippen molar-refractivity contribution in [2.45, 2.75) is 20.5 Å². The average molecular weight is 353 g/mol. The fourth-order valence-corrected chi connectivity index (χ4v) is 2.71. The van der Waals surface area contributed by atoms with E-state index in [0.29, 0.717) is 29.3 Å². The van der Waals surface area contributed by atoms with Crippen LogP contribution < -0.4 is 10.1 Å². The van der Waals surface area contributed by atoms with Gasteiger partial charge in [-0.05, 0) is 43.7 Å². The van der Waals surface area contributed by atoms with Gasteiger partial charge in [0.2, 0.25) is 0 Å². The van der Waals surface area contributed by atoms with Gasteiger partial charge in [-0.2, -0.15) is 5.10 Å². The lowest BCUT2D eigenvalue weighted by molar-refractivity contribution is 0.102. The number of amides is 1. The van der Waals surface area contributed by atoms with Crippen LogP contribution in [0.25, 0.3) is 0 Å². The highest BCUT2D eigenvalue weighted by molar-refractivity contribution is 6.05. The van der Waals surface area contributed by atoms with Crippen molar-refractivity contribution in [1.29, 1.82) is 0 Å². The number of rotatable bonds is 5. The third-order valence-electron chi connectivity index (χ3n) is 4.15. The molecule has 0 atom stereocenters. The molecule has 1 heterocycles. The van der Waals surface area contributed by atoms with E-state index in [1.807, 2.05) is 20.9 Å². The number of ether oxygens (including phenoxy) is 1. The molecular formula is C20H20FN3O2. The number of anilines is 1. The molecule has 0 aliphatic heterocycles. The Balaban J connectivity index is 1.69. The second-order valence-electron chi connectivity index (χ2n) is 6.07. The molecular weight excluding hydrogens is 333 g/mol. The lowest BCUT2D eigenvalue weighted by atomic mass is 10.2. The van der Waals surface area contributed by atoms with Gasteiger partial charge in [0.25, 0.3) is 5.91 Å². The largest absolute Gasteiger partial charge is 0.489 e. The summed E-state index contributed by atoms with van der Waals surface area (Å²) in [5, 5.41) is 7.14. The third-order valence-corrected chi connectivity index (χ3v) is 4.15. The molecule has 1 aromatic heterocycles. The monoisotopic (exact) mass is 353 g/mol. The Morgan fingerprint density at radius 1 is 1.19 bits per heavy atom. The van der Waals surface area contributed by atoms with Gasteiger partial charge in [0.15, 0.2) is 0 Å². The Bertz CT molecular complexity index is 933. The van der Waals surface area contributed by atoms with Crippen LogP contribution in [0.4, 0.5) is 10.1 Å². The molecule has 26 heavy (non-hydrogen) atoms. The molecule has 0 bridgehead atoms. The molecule has 3 aromatic rings. The van der Waals surface area contributed by atoms with Gasteiger partial charge in [-0.1, -0.05) is 18.2 Å². The minimum Gasteiger partial charge on any atom is -0.489 e. The Labute approximate surface area is 151 Å². The van der Waals surface area contributed by atoms with E-state index in [0.717, 1.165) is 11.3 Å². The number of nitrogens with zero attached hydrogens (tertiary/aromatic N) is 2. The van der Waals surface area contributed by atoms with Gasteiger partial charge in [0.05, 0.1) is 11.3 Å². The van der Waals surface area contributed by atoms with E-state index < -0.39 is 0 Å². The standard InChI is InChI=1S/C20H20FN3O2/c1-13-19(14(2)24(3)23-13)20(25)22-17-5-4-6-18(11-17)26-12-15-7-9-16(21)10-8-15/h4-11H,12H2,1-3H3,(H,22,25). The van der Waals surface area contributed by atoms with Crippen molar-refractivity contribution in [2.24, 2.45) is 7.05 Å². The second kappa shape index (κ2) is 7.39. The van der Waals surface area contributed by atoms with E-state index in [1.54, 1.807) is 41.1 Å². The first-order chi connectivity index (χ1) is 12.4. The van der Waals surface area contributed by atoms with Crippen molar-refractivity contribution in [1.82, 2.24) is 9.78 Å². The molecule has 3 rings (SSSR count). The van der Waals surface area contributed by atoms with E-state index in [-0.39, 0.29) is 11.7 Å². The fourth-order valence-electron chi connectivity index (χ4n) is 2.71. The number of benzene rings is 2. The van der Waals surface area contributed by atoms with Crippen molar-refractivity contribution in [2.75, 3.05) is 5.32 Å². The zero-order valence-corrected chi connectivity index (χ0v) is 14.9. The number of hydrogen-bond acceptors (Lipinski definition) is 3. The lowest BCUT2D eigenvalue weighted by Gasteiger charge is -2.10. The smallest absolute Gasteiger partial charge is 0.259 e. The summed E-state index contributed by atoms with van der Waals surface area (Å²) < 4.78 is 20.3. The Morgan fingerprint density at radius 2 is 1.92 bits per heavy atom. The number of nitrogens with one attached hydrogen (secondary N) is 1. The molecule has 134 valence electrons. The highest BCUT2D eigenvalue weighted by atomic mass is 19.1. The third kappa shape index (κ3) is 3.91. The van der Waals surface area contributed by atoms with Gasteiger partial charge < -0.3 is 10.1 Å². The minimum atomic E-state index is -0.278. The maximum atomic E-state index is 12.9. The average Bonchev–Trinajstić information content (AvgIpc) is 2.87. The molecule has 0 fully saturated rings. The molecule has 0 saturated carbocycles. The zero-order chi connectivity index (χ0) is 18.7. The minimum absolute atomic E-state index is 0.205. The molecule has 0 radical (unpaired) electrons. The van der Waals surface area contributed by atoms with Crippen LogP contribution in [0.5, 0.6) is 5.75 Å². The number of carbonyl (C=O) groups excluding carboxylic acids is 1. The number of hydrogen-bond donors (Lipinski definition) is 1. The summed E-state index contributed by atoms with van der Waals surface area (Å²) in [6.45, 7) is 3.99. The quantitative estimate of drug-likeness (QED) is 0.754. The summed E-state index contributed by atoms with van der Waals surface area (Å²) in [4.78, 5) is 12.6. The van der Waals surface area contributed by atoms with Gasteiger partial charge >= 0.3 is 0 Å². The summed E-state index contributed by atoms with van der Waals surface area (Å²) >= 11 is 0. The predicted molar refractivity (Wildman–Crippen MR) is 97.8 cm³/mol. The van der Waals surface area contributed by atoms with Crippen LogP contribution in [0.3, 0.4) is 0 Å². The maximum absolute atomic E-state index is 12.9. The summed E-state index contributed by atoms with van der Waals surface area (Å²) in [7, 11) is 1.81. The van der Waals surface area contributed by atoms with Crippen LogP contribution in [0.1, 0.15) is 27.3 Å². The van der Waals surface area contributed by atoms with Gasteiger partial charge in [0, 0.05) is 24.5 Å². The van der Waals surface area contributed by atoms with Crippen LogP contribution in [-0.2, 0) is 13.7 Å². The first kappa shape index (κ1) is 17.7. The SMILES string of the molecule is Cc1nn(C)c(C)c1C(=O)Nc1cccc(OCc2ccc(F)cc2)c1. The van der Waals surface area contributed by atoms with Crippen LogP contribution in [0.2, 0.25) is 0 Å². The lowest BCUT2D eigenvalue weighted by Crippen LogP contribution is -2.14. The van der Waals surface area contributed by atoms with E-state index in [1.165, 1.54) is 12.1 Å². The number of aryl methyl sites for hydroxylation is 2. The molecule has 0 saturated heterocycles. The van der Waals surface area contributed by atoms with Crippen molar-refractivity contribution in [3.63, 3.8) is 0 Å². The van der Waals surface area contributed by atoms with Crippen molar-refractivity contribution < 1.29 is 13.9 Å². The van der Waals surface area contributed by atoms with E-state index in [9.17, 15) is 9.18 Å². The van der Waals surface area contributed by atoms with E-state index in [2.05, 4.69) is 10.4 Å². The van der Waals surface area contributed by atoms with Gasteiger partial charge in [-0.3, -0.25) is 9.48 Å². The molecule has 0 aliphatic carbocycles. The number of carbonyl (C=O) groups is 1. The highest BCUT2D eigenvalue weighted by Crippen LogP contribution is 2.21. The Hall–Kier alpha value is -3.15. The van der Waals surface area contributed by atoms with E-state index >= 15 is 0 Å². The van der Waals surface area contributed by atoms with Crippen LogP contribution in [0, 0.1) is 19.7 Å². The number of aromatic nitrogens is 2. The first-order valence-corrected chi connectivity index (χ1v) is 8.23. The maximum Gasteiger partial charge on any atom is 0.259 e. The zero-order valence-electron chi connectivity index (χ0n) is 14.9. The van der Waals surface area contributed by atoms with Gasteiger partial charge in [-0.15, -0.1) is 0 Å². The summed E-state index contributed by atoms with van der Waals surface area (Å²) in [6, 6.07) is 13.3. The molecule has 1 amide bonds. The Kier molecular flexibility index (Phi) is 5.02. The van der Waals surface area contributed by atoms with Crippen LogP contribution >= 0.6 is 0 Å². The van der Waals surface area contributed by atoms with Crippen LogP contribution in [0.15, 0.2) is 48.5 Å². The fraction of sp³-hybridized carbons (Fsp3) is 0.200. The molecule has 0 spiro atoms. The number of halogens is 1.